The van der Waals surface area contributed by atoms with Gasteiger partial charge in [0, 0.05) is 12.5 Å². The maximum absolute atomic E-state index is 12.0. The van der Waals surface area contributed by atoms with Gasteiger partial charge >= 0.3 is 12.1 Å². The van der Waals surface area contributed by atoms with Gasteiger partial charge in [0.15, 0.2) is 0 Å². The molecule has 0 spiro atoms. The highest BCUT2D eigenvalue weighted by atomic mass is 16.5. The van der Waals surface area contributed by atoms with Crippen LogP contribution in [0.3, 0.4) is 0 Å². The van der Waals surface area contributed by atoms with Crippen LogP contribution in [0.1, 0.15) is 42.3 Å². The SMILES string of the molecule is CCOC(=O)N/N=C(\C)c1cc(C(=O)OC)c(NC(C)=O)cc1C. The minimum atomic E-state index is -0.669. The second-order valence-corrected chi connectivity index (χ2v) is 4.91. The van der Waals surface area contributed by atoms with Crippen molar-refractivity contribution in [3.05, 3.63) is 28.8 Å². The standard InChI is InChI=1S/C16H21N3O5/c1-6-24-16(22)19-18-10(3)12-8-13(15(21)23-5)14(7-9(12)2)17-11(4)20/h7-8H,6H2,1-5H3,(H,17,20)(H,19,22)/b18-10+. The fourth-order valence-corrected chi connectivity index (χ4v) is 2.02. The number of carbonyl (C=O) groups is 3. The molecule has 0 bridgehead atoms. The summed E-state index contributed by atoms with van der Waals surface area (Å²) in [4.78, 5) is 34.5. The number of nitrogens with one attached hydrogen (secondary N) is 2. The Morgan fingerprint density at radius 1 is 1.17 bits per heavy atom. The Bertz CT molecular complexity index is 683. The second-order valence-electron chi connectivity index (χ2n) is 4.91. The number of amides is 2. The van der Waals surface area contributed by atoms with E-state index in [2.05, 4.69) is 15.8 Å². The number of hydrogen-bond acceptors (Lipinski definition) is 6. The van der Waals surface area contributed by atoms with E-state index in [1.54, 1.807) is 32.9 Å². The predicted octanol–water partition coefficient (Wildman–Crippen LogP) is 2.21. The molecule has 0 aliphatic rings. The van der Waals surface area contributed by atoms with Crippen molar-refractivity contribution in [2.24, 2.45) is 5.10 Å². The Morgan fingerprint density at radius 3 is 2.38 bits per heavy atom. The molecule has 2 N–H and O–H groups in total. The zero-order chi connectivity index (χ0) is 18.3. The van der Waals surface area contributed by atoms with E-state index in [0.29, 0.717) is 17.0 Å². The Kier molecular flexibility index (Phi) is 6.91. The number of esters is 1. The number of nitrogens with zero attached hydrogens (tertiary/aromatic N) is 1. The molecule has 0 aliphatic carbocycles. The lowest BCUT2D eigenvalue weighted by molar-refractivity contribution is -0.114. The molecule has 1 aromatic carbocycles. The molecule has 0 saturated carbocycles. The molecule has 0 unspecified atom stereocenters. The highest BCUT2D eigenvalue weighted by molar-refractivity contribution is 6.06. The number of anilines is 1. The zero-order valence-electron chi connectivity index (χ0n) is 14.4. The van der Waals surface area contributed by atoms with Gasteiger partial charge in [-0.05, 0) is 38.5 Å². The second kappa shape index (κ2) is 8.66. The minimum Gasteiger partial charge on any atom is -0.465 e. The van der Waals surface area contributed by atoms with Gasteiger partial charge in [-0.3, -0.25) is 4.79 Å². The quantitative estimate of drug-likeness (QED) is 0.487. The molecule has 8 nitrogen and oxygen atoms in total. The van der Waals surface area contributed by atoms with Crippen LogP contribution in [0.25, 0.3) is 0 Å². The molecular weight excluding hydrogens is 314 g/mol. The summed E-state index contributed by atoms with van der Waals surface area (Å²) in [6.07, 6.45) is -0.669. The molecule has 0 saturated heterocycles. The number of aryl methyl sites for hydroxylation is 1. The van der Waals surface area contributed by atoms with Crippen LogP contribution in [-0.4, -0.2) is 37.4 Å². The van der Waals surface area contributed by atoms with Crippen molar-refractivity contribution in [1.29, 1.82) is 0 Å². The molecule has 0 fully saturated rings. The summed E-state index contributed by atoms with van der Waals surface area (Å²) in [7, 11) is 1.25. The van der Waals surface area contributed by atoms with E-state index >= 15 is 0 Å². The van der Waals surface area contributed by atoms with Crippen LogP contribution < -0.4 is 10.7 Å². The fourth-order valence-electron chi connectivity index (χ4n) is 2.02. The van der Waals surface area contributed by atoms with Gasteiger partial charge in [0.05, 0.1) is 30.7 Å². The summed E-state index contributed by atoms with van der Waals surface area (Å²) in [5, 5.41) is 6.54. The molecule has 0 aromatic heterocycles. The van der Waals surface area contributed by atoms with E-state index in [4.69, 9.17) is 9.47 Å². The first kappa shape index (κ1) is 19.1. The molecule has 24 heavy (non-hydrogen) atoms. The van der Waals surface area contributed by atoms with Crippen molar-refractivity contribution in [2.75, 3.05) is 19.0 Å². The summed E-state index contributed by atoms with van der Waals surface area (Å²) >= 11 is 0. The first-order valence-corrected chi connectivity index (χ1v) is 7.28. The monoisotopic (exact) mass is 335 g/mol. The third kappa shape index (κ3) is 5.08. The largest absolute Gasteiger partial charge is 0.465 e. The smallest absolute Gasteiger partial charge is 0.427 e. The summed E-state index contributed by atoms with van der Waals surface area (Å²) in [5.41, 5.74) is 4.66. The van der Waals surface area contributed by atoms with Gasteiger partial charge in [-0.1, -0.05) is 0 Å². The van der Waals surface area contributed by atoms with Crippen LogP contribution in [0.5, 0.6) is 0 Å². The van der Waals surface area contributed by atoms with Gasteiger partial charge < -0.3 is 14.8 Å². The van der Waals surface area contributed by atoms with Gasteiger partial charge in [0.25, 0.3) is 0 Å². The number of hydrazone groups is 1. The molecule has 0 atom stereocenters. The molecule has 1 aromatic rings. The molecule has 0 heterocycles. The Balaban J connectivity index is 3.24. The maximum Gasteiger partial charge on any atom is 0.427 e. The lowest BCUT2D eigenvalue weighted by Crippen LogP contribution is -2.21. The number of rotatable bonds is 5. The van der Waals surface area contributed by atoms with Gasteiger partial charge in [0.1, 0.15) is 0 Å². The van der Waals surface area contributed by atoms with Gasteiger partial charge in [0.2, 0.25) is 5.91 Å². The average molecular weight is 335 g/mol. The number of methoxy groups -OCH3 is 1. The molecule has 130 valence electrons. The van der Waals surface area contributed by atoms with Crippen molar-refractivity contribution in [1.82, 2.24) is 5.43 Å². The topological polar surface area (TPSA) is 106 Å². The summed E-state index contributed by atoms with van der Waals surface area (Å²) in [5.74, 6) is -0.896. The highest BCUT2D eigenvalue weighted by Crippen LogP contribution is 2.23. The Morgan fingerprint density at radius 2 is 1.83 bits per heavy atom. The van der Waals surface area contributed by atoms with E-state index in [0.717, 1.165) is 5.56 Å². The van der Waals surface area contributed by atoms with Crippen LogP contribution >= 0.6 is 0 Å². The zero-order valence-corrected chi connectivity index (χ0v) is 14.4. The normalized spacial score (nSPS) is 10.8. The Labute approximate surface area is 140 Å². The Hall–Kier alpha value is -2.90. The number of carbonyl (C=O) groups excluding carboxylic acids is 3. The highest BCUT2D eigenvalue weighted by Gasteiger charge is 2.17. The van der Waals surface area contributed by atoms with Crippen molar-refractivity contribution >= 4 is 29.4 Å². The third-order valence-corrected chi connectivity index (χ3v) is 3.06. The van der Waals surface area contributed by atoms with E-state index in [-0.39, 0.29) is 18.1 Å². The van der Waals surface area contributed by atoms with Crippen molar-refractivity contribution in [3.8, 4) is 0 Å². The van der Waals surface area contributed by atoms with E-state index < -0.39 is 12.1 Å². The van der Waals surface area contributed by atoms with Gasteiger partial charge in [-0.15, -0.1) is 0 Å². The van der Waals surface area contributed by atoms with Crippen LogP contribution in [0.4, 0.5) is 10.5 Å². The van der Waals surface area contributed by atoms with Crippen LogP contribution in [-0.2, 0) is 14.3 Å². The number of ether oxygens (including phenoxy) is 2. The third-order valence-electron chi connectivity index (χ3n) is 3.06. The van der Waals surface area contributed by atoms with E-state index in [1.807, 2.05) is 0 Å². The average Bonchev–Trinajstić information content (AvgIpc) is 2.51. The van der Waals surface area contributed by atoms with Crippen molar-refractivity contribution in [2.45, 2.75) is 27.7 Å². The maximum atomic E-state index is 12.0. The van der Waals surface area contributed by atoms with E-state index in [9.17, 15) is 14.4 Å². The van der Waals surface area contributed by atoms with Crippen LogP contribution in [0.2, 0.25) is 0 Å². The van der Waals surface area contributed by atoms with Crippen molar-refractivity contribution in [3.63, 3.8) is 0 Å². The van der Waals surface area contributed by atoms with Crippen LogP contribution in [0, 0.1) is 6.92 Å². The molecule has 2 amide bonds. The summed E-state index contributed by atoms with van der Waals surface area (Å²) in [6.45, 7) is 6.74. The predicted molar refractivity (Wildman–Crippen MR) is 89.2 cm³/mol. The molecule has 8 heteroatoms. The molecule has 0 radical (unpaired) electrons. The first-order valence-electron chi connectivity index (χ1n) is 7.28. The number of benzene rings is 1. The molecule has 0 aliphatic heterocycles. The number of hydrogen-bond donors (Lipinski definition) is 2. The van der Waals surface area contributed by atoms with Crippen molar-refractivity contribution < 1.29 is 23.9 Å². The fraction of sp³-hybridized carbons (Fsp3) is 0.375. The molecular formula is C16H21N3O5. The van der Waals surface area contributed by atoms with E-state index in [1.165, 1.54) is 14.0 Å². The lowest BCUT2D eigenvalue weighted by Gasteiger charge is -2.13. The summed E-state index contributed by atoms with van der Waals surface area (Å²) < 4.78 is 9.47. The molecule has 1 rings (SSSR count). The van der Waals surface area contributed by atoms with Crippen LogP contribution in [0.15, 0.2) is 17.2 Å². The first-order chi connectivity index (χ1) is 11.3. The minimum absolute atomic E-state index is 0.194. The lowest BCUT2D eigenvalue weighted by atomic mass is 9.99. The van der Waals surface area contributed by atoms with Gasteiger partial charge in [-0.2, -0.15) is 5.10 Å². The van der Waals surface area contributed by atoms with Gasteiger partial charge in [-0.25, -0.2) is 15.0 Å². The summed E-state index contributed by atoms with van der Waals surface area (Å²) in [6, 6.07) is 3.20.